The van der Waals surface area contributed by atoms with Crippen LogP contribution in [-0.4, -0.2) is 23.9 Å². The summed E-state index contributed by atoms with van der Waals surface area (Å²) >= 11 is 3.41. The van der Waals surface area contributed by atoms with Gasteiger partial charge in [-0.3, -0.25) is 0 Å². The highest BCUT2D eigenvalue weighted by Crippen LogP contribution is 2.38. The first kappa shape index (κ1) is 13.8. The molecule has 0 fully saturated rings. The fraction of sp³-hybridized carbons (Fsp3) is 0.571. The van der Waals surface area contributed by atoms with Crippen LogP contribution >= 0.6 is 15.9 Å². The van der Waals surface area contributed by atoms with Gasteiger partial charge in [0.15, 0.2) is 0 Å². The molecule has 18 heavy (non-hydrogen) atoms. The van der Waals surface area contributed by atoms with Crippen molar-refractivity contribution in [2.24, 2.45) is 0 Å². The maximum atomic E-state index is 10.2. The van der Waals surface area contributed by atoms with Gasteiger partial charge in [-0.15, -0.1) is 0 Å². The Kier molecular flexibility index (Phi) is 3.99. The van der Waals surface area contributed by atoms with E-state index in [2.05, 4.69) is 15.9 Å². The molecule has 0 aliphatic carbocycles. The van der Waals surface area contributed by atoms with Crippen LogP contribution in [0.2, 0.25) is 0 Å². The van der Waals surface area contributed by atoms with Crippen LogP contribution in [0.5, 0.6) is 5.75 Å². The fourth-order valence-corrected chi connectivity index (χ4v) is 2.63. The van der Waals surface area contributed by atoms with Gasteiger partial charge in [-0.25, -0.2) is 0 Å². The molecule has 0 bridgehead atoms. The third-order valence-corrected chi connectivity index (χ3v) is 3.88. The van der Waals surface area contributed by atoms with Gasteiger partial charge in [-0.2, -0.15) is 0 Å². The molecule has 2 rings (SSSR count). The highest BCUT2D eigenvalue weighted by Gasteiger charge is 2.31. The topological polar surface area (TPSA) is 38.7 Å². The van der Waals surface area contributed by atoms with E-state index in [9.17, 15) is 5.11 Å². The van der Waals surface area contributed by atoms with E-state index in [0.29, 0.717) is 6.42 Å². The average molecular weight is 315 g/mol. The minimum absolute atomic E-state index is 0.0105. The second-order valence-electron chi connectivity index (χ2n) is 5.34. The summed E-state index contributed by atoms with van der Waals surface area (Å²) in [6.07, 6.45) is 0.888. The molecule has 2 atom stereocenters. The van der Waals surface area contributed by atoms with Gasteiger partial charge < -0.3 is 14.6 Å². The van der Waals surface area contributed by atoms with E-state index in [1.54, 1.807) is 7.11 Å². The molecular formula is C14H19BrO3. The molecular weight excluding hydrogens is 296 g/mol. The predicted molar refractivity (Wildman–Crippen MR) is 73.8 cm³/mol. The molecule has 1 aliphatic rings. The van der Waals surface area contributed by atoms with Crippen LogP contribution in [-0.2, 0) is 4.74 Å². The molecule has 1 aliphatic heterocycles. The molecule has 3 nitrogen and oxygen atoms in total. The van der Waals surface area contributed by atoms with Crippen molar-refractivity contribution in [2.45, 2.75) is 44.5 Å². The van der Waals surface area contributed by atoms with Crippen molar-refractivity contribution in [3.8, 4) is 5.75 Å². The number of hydrogen-bond acceptors (Lipinski definition) is 3. The van der Waals surface area contributed by atoms with E-state index in [1.165, 1.54) is 0 Å². The number of aliphatic hydroxyl groups excluding tert-OH is 1. The normalized spacial score (nSPS) is 23.4. The van der Waals surface area contributed by atoms with Crippen LogP contribution < -0.4 is 4.74 Å². The van der Waals surface area contributed by atoms with Gasteiger partial charge in [0.05, 0.1) is 11.7 Å². The summed E-state index contributed by atoms with van der Waals surface area (Å²) in [6, 6.07) is 5.74. The molecule has 0 saturated heterocycles. The molecule has 0 aromatic heterocycles. The minimum atomic E-state index is -0.469. The monoisotopic (exact) mass is 314 g/mol. The van der Waals surface area contributed by atoms with Crippen LogP contribution in [0.1, 0.15) is 38.4 Å². The Morgan fingerprint density at radius 3 is 2.89 bits per heavy atom. The lowest BCUT2D eigenvalue weighted by molar-refractivity contribution is -0.0311. The van der Waals surface area contributed by atoms with Crippen molar-refractivity contribution in [1.29, 1.82) is 0 Å². The second-order valence-corrected chi connectivity index (χ2v) is 6.26. The first-order valence-electron chi connectivity index (χ1n) is 6.10. The summed E-state index contributed by atoms with van der Waals surface area (Å²) in [5.74, 6) is 0.772. The Morgan fingerprint density at radius 2 is 2.22 bits per heavy atom. The molecule has 0 spiro atoms. The predicted octanol–water partition coefficient (Wildman–Crippen LogP) is 3.45. The van der Waals surface area contributed by atoms with Crippen LogP contribution in [0.25, 0.3) is 0 Å². The zero-order valence-electron chi connectivity index (χ0n) is 10.9. The Balaban J connectivity index is 2.16. The van der Waals surface area contributed by atoms with E-state index in [-0.39, 0.29) is 11.7 Å². The van der Waals surface area contributed by atoms with Crippen molar-refractivity contribution in [2.75, 3.05) is 7.11 Å². The number of methoxy groups -OCH3 is 1. The number of halogens is 1. The van der Waals surface area contributed by atoms with Crippen molar-refractivity contribution in [3.63, 3.8) is 0 Å². The van der Waals surface area contributed by atoms with Gasteiger partial charge in [-0.05, 0) is 32.0 Å². The van der Waals surface area contributed by atoms with Gasteiger partial charge in [-0.1, -0.05) is 15.9 Å². The summed E-state index contributed by atoms with van der Waals surface area (Å²) in [6.45, 7) is 4.06. The number of fused-ring (bicyclic) bond motifs is 1. The molecule has 0 saturated carbocycles. The lowest BCUT2D eigenvalue weighted by Gasteiger charge is -2.34. The van der Waals surface area contributed by atoms with Crippen molar-refractivity contribution in [1.82, 2.24) is 0 Å². The van der Waals surface area contributed by atoms with E-state index < -0.39 is 6.10 Å². The lowest BCUT2D eigenvalue weighted by Crippen LogP contribution is -2.35. The van der Waals surface area contributed by atoms with Gasteiger partial charge in [0.2, 0.25) is 0 Å². The molecule has 0 radical (unpaired) electrons. The Labute approximate surface area is 116 Å². The number of aliphatic hydroxyl groups is 1. The summed E-state index contributed by atoms with van der Waals surface area (Å²) < 4.78 is 12.3. The Bertz CT molecular complexity index is 431. The third-order valence-electron chi connectivity index (χ3n) is 3.38. The summed E-state index contributed by atoms with van der Waals surface area (Å²) in [7, 11) is 1.70. The number of hydrogen-bond donors (Lipinski definition) is 1. The molecule has 1 aromatic rings. The molecule has 1 aromatic carbocycles. The standard InChI is InChI=1S/C14H19BrO3/c1-14(2,17-3)8-10-7-12(16)11-6-9(15)4-5-13(11)18-10/h4-6,10,12,16H,7-8H2,1-3H3/t10?,12-/m1/s1. The summed E-state index contributed by atoms with van der Waals surface area (Å²) in [5.41, 5.74) is 0.618. The quantitative estimate of drug-likeness (QED) is 0.928. The SMILES string of the molecule is COC(C)(C)CC1C[C@@H](O)c2cc(Br)ccc2O1. The largest absolute Gasteiger partial charge is 0.490 e. The van der Waals surface area contributed by atoms with E-state index >= 15 is 0 Å². The number of ether oxygens (including phenoxy) is 2. The Hall–Kier alpha value is -0.580. The second kappa shape index (κ2) is 5.19. The Morgan fingerprint density at radius 1 is 1.50 bits per heavy atom. The first-order valence-corrected chi connectivity index (χ1v) is 6.90. The smallest absolute Gasteiger partial charge is 0.125 e. The van der Waals surface area contributed by atoms with Crippen LogP contribution in [0.15, 0.2) is 22.7 Å². The summed E-state index contributed by atoms with van der Waals surface area (Å²) in [4.78, 5) is 0. The third kappa shape index (κ3) is 3.05. The van der Waals surface area contributed by atoms with Crippen LogP contribution in [0.3, 0.4) is 0 Å². The number of benzene rings is 1. The van der Waals surface area contributed by atoms with Gasteiger partial charge in [0.25, 0.3) is 0 Å². The van der Waals surface area contributed by atoms with E-state index in [0.717, 1.165) is 22.2 Å². The average Bonchev–Trinajstić information content (AvgIpc) is 2.30. The highest BCUT2D eigenvalue weighted by molar-refractivity contribution is 9.10. The maximum Gasteiger partial charge on any atom is 0.125 e. The molecule has 100 valence electrons. The van der Waals surface area contributed by atoms with Crippen LogP contribution in [0.4, 0.5) is 0 Å². The van der Waals surface area contributed by atoms with Crippen LogP contribution in [0, 0.1) is 0 Å². The molecule has 1 N–H and O–H groups in total. The van der Waals surface area contributed by atoms with Gasteiger partial charge in [0.1, 0.15) is 11.9 Å². The fourth-order valence-electron chi connectivity index (χ4n) is 2.25. The summed E-state index contributed by atoms with van der Waals surface area (Å²) in [5, 5.41) is 10.2. The van der Waals surface area contributed by atoms with E-state index in [1.807, 2.05) is 32.0 Å². The molecule has 4 heteroatoms. The molecule has 0 amide bonds. The first-order chi connectivity index (χ1) is 8.41. The molecule has 1 heterocycles. The number of rotatable bonds is 3. The van der Waals surface area contributed by atoms with E-state index in [4.69, 9.17) is 9.47 Å². The zero-order chi connectivity index (χ0) is 13.3. The zero-order valence-corrected chi connectivity index (χ0v) is 12.5. The highest BCUT2D eigenvalue weighted by atomic mass is 79.9. The molecule has 1 unspecified atom stereocenters. The van der Waals surface area contributed by atoms with Crippen molar-refractivity contribution >= 4 is 15.9 Å². The van der Waals surface area contributed by atoms with Gasteiger partial charge in [0, 0.05) is 30.0 Å². The van der Waals surface area contributed by atoms with Crippen molar-refractivity contribution in [3.05, 3.63) is 28.2 Å². The van der Waals surface area contributed by atoms with Gasteiger partial charge >= 0.3 is 0 Å². The maximum absolute atomic E-state index is 10.2. The minimum Gasteiger partial charge on any atom is -0.490 e. The van der Waals surface area contributed by atoms with Crippen molar-refractivity contribution < 1.29 is 14.6 Å². The lowest BCUT2D eigenvalue weighted by atomic mass is 9.92.